The number of carbonyl (C=O) groups is 2. The lowest BCUT2D eigenvalue weighted by molar-refractivity contribution is -0.141. The van der Waals surface area contributed by atoms with Crippen LogP contribution < -0.4 is 10.1 Å². The molecule has 0 aliphatic heterocycles. The van der Waals surface area contributed by atoms with Gasteiger partial charge in [-0.1, -0.05) is 11.6 Å². The molecule has 2 atom stereocenters. The summed E-state index contributed by atoms with van der Waals surface area (Å²) in [5.74, 6) is -1.16. The van der Waals surface area contributed by atoms with E-state index in [0.717, 1.165) is 0 Å². The molecule has 2 rings (SSSR count). The van der Waals surface area contributed by atoms with Crippen LogP contribution in [0.2, 0.25) is 5.02 Å². The van der Waals surface area contributed by atoms with Crippen LogP contribution >= 0.6 is 11.6 Å². The van der Waals surface area contributed by atoms with Crippen molar-refractivity contribution in [3.05, 3.63) is 23.2 Å². The third kappa shape index (κ3) is 3.22. The number of carboxylic acid groups (broad SMARTS) is 1. The third-order valence-electron chi connectivity index (χ3n) is 3.57. The highest BCUT2D eigenvalue weighted by molar-refractivity contribution is 6.32. The average molecular weight is 298 g/mol. The van der Waals surface area contributed by atoms with Crippen molar-refractivity contribution in [2.45, 2.75) is 19.3 Å². The zero-order chi connectivity index (χ0) is 14.7. The molecule has 2 N–H and O–H groups in total. The number of amides is 1. The van der Waals surface area contributed by atoms with E-state index < -0.39 is 11.9 Å². The monoisotopic (exact) mass is 297 g/mol. The van der Waals surface area contributed by atoms with Gasteiger partial charge in [0.1, 0.15) is 5.75 Å². The van der Waals surface area contributed by atoms with Crippen molar-refractivity contribution in [1.29, 1.82) is 0 Å². The highest BCUT2D eigenvalue weighted by Crippen LogP contribution is 2.33. The minimum Gasteiger partial charge on any atom is -0.495 e. The Labute approximate surface area is 121 Å². The Morgan fingerprint density at radius 2 is 2.05 bits per heavy atom. The van der Waals surface area contributed by atoms with Crippen molar-refractivity contribution in [2.75, 3.05) is 12.4 Å². The number of aliphatic carboxylic acids is 1. The fourth-order valence-electron chi connectivity index (χ4n) is 2.43. The summed E-state index contributed by atoms with van der Waals surface area (Å²) < 4.78 is 5.08. The number of carboxylic acids is 1. The summed E-state index contributed by atoms with van der Waals surface area (Å²) in [5.41, 5.74) is 0.593. The second-order valence-corrected chi connectivity index (χ2v) is 5.29. The number of hydrogen-bond acceptors (Lipinski definition) is 3. The molecule has 1 aromatic carbocycles. The molecule has 6 heteroatoms. The number of nitrogens with one attached hydrogen (secondary N) is 1. The zero-order valence-electron chi connectivity index (χ0n) is 11.1. The lowest BCUT2D eigenvalue weighted by Crippen LogP contribution is -2.21. The van der Waals surface area contributed by atoms with Crippen molar-refractivity contribution in [3.63, 3.8) is 0 Å². The number of anilines is 1. The van der Waals surface area contributed by atoms with Crippen LogP contribution in [0.3, 0.4) is 0 Å². The Morgan fingerprint density at radius 1 is 1.35 bits per heavy atom. The maximum atomic E-state index is 12.1. The standard InChI is InChI=1S/C14H16ClNO4/c1-20-12-7-10(4-5-11(12)15)16-13(17)8-2-3-9(6-8)14(18)19/h4-5,7-9H,2-3,6H2,1H3,(H,16,17)(H,18,19). The Kier molecular flexibility index (Phi) is 4.49. The van der Waals surface area contributed by atoms with E-state index in [1.165, 1.54) is 7.11 Å². The third-order valence-corrected chi connectivity index (χ3v) is 3.88. The Balaban J connectivity index is 2.00. The first-order valence-corrected chi connectivity index (χ1v) is 6.76. The van der Waals surface area contributed by atoms with Gasteiger partial charge in [0.25, 0.3) is 0 Å². The molecule has 1 fully saturated rings. The SMILES string of the molecule is COc1cc(NC(=O)C2CCC(C(=O)O)C2)ccc1Cl. The quantitative estimate of drug-likeness (QED) is 0.896. The maximum absolute atomic E-state index is 12.1. The van der Waals surface area contributed by atoms with Crippen LogP contribution in [-0.2, 0) is 9.59 Å². The van der Waals surface area contributed by atoms with E-state index in [2.05, 4.69) is 5.32 Å². The molecule has 0 spiro atoms. The van der Waals surface area contributed by atoms with Gasteiger partial charge in [-0.15, -0.1) is 0 Å². The molecule has 0 bridgehead atoms. The average Bonchev–Trinajstić information content (AvgIpc) is 2.91. The second kappa shape index (κ2) is 6.13. The minimum atomic E-state index is -0.825. The lowest BCUT2D eigenvalue weighted by Gasteiger charge is -2.12. The molecule has 0 heterocycles. The van der Waals surface area contributed by atoms with Gasteiger partial charge in [-0.25, -0.2) is 0 Å². The van der Waals surface area contributed by atoms with Gasteiger partial charge in [0, 0.05) is 17.7 Å². The van der Waals surface area contributed by atoms with Gasteiger partial charge in [0.2, 0.25) is 5.91 Å². The van der Waals surface area contributed by atoms with Crippen molar-refractivity contribution in [1.82, 2.24) is 0 Å². The molecule has 0 radical (unpaired) electrons. The van der Waals surface area contributed by atoms with E-state index >= 15 is 0 Å². The molecule has 1 amide bonds. The fourth-order valence-corrected chi connectivity index (χ4v) is 2.62. The van der Waals surface area contributed by atoms with Gasteiger partial charge in [-0.2, -0.15) is 0 Å². The number of hydrogen-bond donors (Lipinski definition) is 2. The zero-order valence-corrected chi connectivity index (χ0v) is 11.8. The van der Waals surface area contributed by atoms with E-state index in [4.69, 9.17) is 21.4 Å². The minimum absolute atomic E-state index is 0.155. The van der Waals surface area contributed by atoms with Gasteiger partial charge < -0.3 is 15.2 Å². The van der Waals surface area contributed by atoms with Crippen molar-refractivity contribution in [2.24, 2.45) is 11.8 Å². The van der Waals surface area contributed by atoms with Gasteiger partial charge >= 0.3 is 5.97 Å². The summed E-state index contributed by atoms with van der Waals surface area (Å²) in [6.45, 7) is 0. The van der Waals surface area contributed by atoms with E-state index in [1.54, 1.807) is 18.2 Å². The first kappa shape index (κ1) is 14.7. The van der Waals surface area contributed by atoms with Gasteiger partial charge in [-0.05, 0) is 31.4 Å². The van der Waals surface area contributed by atoms with Crippen LogP contribution in [0.15, 0.2) is 18.2 Å². The van der Waals surface area contributed by atoms with Crippen molar-refractivity contribution >= 4 is 29.2 Å². The van der Waals surface area contributed by atoms with Crippen molar-refractivity contribution < 1.29 is 19.4 Å². The molecule has 1 aromatic rings. The Hall–Kier alpha value is -1.75. The fraction of sp³-hybridized carbons (Fsp3) is 0.429. The Morgan fingerprint density at radius 3 is 2.65 bits per heavy atom. The molecule has 5 nitrogen and oxygen atoms in total. The predicted octanol–water partition coefficient (Wildman–Crippen LogP) is 2.79. The predicted molar refractivity (Wildman–Crippen MR) is 75.1 cm³/mol. The number of carbonyl (C=O) groups excluding carboxylic acids is 1. The molecular formula is C14H16ClNO4. The van der Waals surface area contributed by atoms with Crippen LogP contribution in [0.1, 0.15) is 19.3 Å². The number of methoxy groups -OCH3 is 1. The Bertz CT molecular complexity index is 532. The van der Waals surface area contributed by atoms with Crippen LogP contribution in [-0.4, -0.2) is 24.1 Å². The van der Waals surface area contributed by atoms with Crippen LogP contribution in [0.25, 0.3) is 0 Å². The molecule has 20 heavy (non-hydrogen) atoms. The second-order valence-electron chi connectivity index (χ2n) is 4.88. The first-order valence-electron chi connectivity index (χ1n) is 6.38. The molecule has 1 aliphatic carbocycles. The summed E-state index contributed by atoms with van der Waals surface area (Å²) in [5, 5.41) is 12.2. The summed E-state index contributed by atoms with van der Waals surface area (Å²) in [6, 6.07) is 4.97. The molecule has 1 aliphatic rings. The number of rotatable bonds is 4. The largest absolute Gasteiger partial charge is 0.495 e. The lowest BCUT2D eigenvalue weighted by atomic mass is 10.0. The first-order chi connectivity index (χ1) is 9.51. The number of halogens is 1. The summed E-state index contributed by atoms with van der Waals surface area (Å²) in [4.78, 5) is 23.0. The normalized spacial score (nSPS) is 21.5. The van der Waals surface area contributed by atoms with Crippen LogP contribution in [0, 0.1) is 11.8 Å². The smallest absolute Gasteiger partial charge is 0.306 e. The maximum Gasteiger partial charge on any atom is 0.306 e. The number of ether oxygens (including phenoxy) is 1. The summed E-state index contributed by atoms with van der Waals surface area (Å²) >= 11 is 5.91. The molecule has 108 valence electrons. The molecule has 1 saturated carbocycles. The molecular weight excluding hydrogens is 282 g/mol. The van der Waals surface area contributed by atoms with E-state index in [-0.39, 0.29) is 11.8 Å². The van der Waals surface area contributed by atoms with E-state index in [9.17, 15) is 9.59 Å². The van der Waals surface area contributed by atoms with Gasteiger partial charge in [0.05, 0.1) is 18.1 Å². The van der Waals surface area contributed by atoms with Crippen molar-refractivity contribution in [3.8, 4) is 5.75 Å². The highest BCUT2D eigenvalue weighted by Gasteiger charge is 2.33. The molecule has 0 saturated heterocycles. The van der Waals surface area contributed by atoms with Gasteiger partial charge in [0.15, 0.2) is 0 Å². The van der Waals surface area contributed by atoms with Gasteiger partial charge in [-0.3, -0.25) is 9.59 Å². The summed E-state index contributed by atoms with van der Waals surface area (Å²) in [6.07, 6.45) is 1.55. The topological polar surface area (TPSA) is 75.6 Å². The molecule has 2 unspecified atom stereocenters. The van der Waals surface area contributed by atoms with Crippen LogP contribution in [0.4, 0.5) is 5.69 Å². The summed E-state index contributed by atoms with van der Waals surface area (Å²) in [7, 11) is 1.50. The molecule has 0 aromatic heterocycles. The number of benzene rings is 1. The van der Waals surface area contributed by atoms with E-state index in [0.29, 0.717) is 35.7 Å². The highest BCUT2D eigenvalue weighted by atomic mass is 35.5. The van der Waals surface area contributed by atoms with E-state index in [1.807, 2.05) is 0 Å². The van der Waals surface area contributed by atoms with Crippen LogP contribution in [0.5, 0.6) is 5.75 Å².